The number of amides is 1. The number of benzene rings is 1. The van der Waals surface area contributed by atoms with Crippen molar-refractivity contribution in [2.24, 2.45) is 0 Å². The van der Waals surface area contributed by atoms with Crippen LogP contribution in [0.5, 0.6) is 0 Å². The second-order valence-electron chi connectivity index (χ2n) is 4.28. The lowest BCUT2D eigenvalue weighted by molar-refractivity contribution is -0.384. The zero-order chi connectivity index (χ0) is 14.4. The molecule has 2 N–H and O–H groups in total. The van der Waals surface area contributed by atoms with E-state index in [1.807, 2.05) is 0 Å². The molecule has 0 atom stereocenters. The molecule has 20 heavy (non-hydrogen) atoms. The number of nitrogens with zero attached hydrogens (tertiary/aromatic N) is 2. The molecular weight excluding hydrogens is 260 g/mol. The Morgan fingerprint density at radius 2 is 2.10 bits per heavy atom. The molecule has 104 valence electrons. The lowest BCUT2D eigenvalue weighted by Crippen LogP contribution is -2.27. The molecule has 0 saturated heterocycles. The van der Waals surface area contributed by atoms with Crippen molar-refractivity contribution in [3.05, 3.63) is 58.2 Å². The molecule has 0 spiro atoms. The highest BCUT2D eigenvalue weighted by Crippen LogP contribution is 2.12. The summed E-state index contributed by atoms with van der Waals surface area (Å²) >= 11 is 0. The summed E-state index contributed by atoms with van der Waals surface area (Å²) in [7, 11) is 0. The van der Waals surface area contributed by atoms with E-state index in [1.54, 1.807) is 24.7 Å². The summed E-state index contributed by atoms with van der Waals surface area (Å²) in [6, 6.07) is 5.97. The van der Waals surface area contributed by atoms with Crippen LogP contribution in [0.15, 0.2) is 36.8 Å². The summed E-state index contributed by atoms with van der Waals surface area (Å²) in [6.45, 7) is 0.522. The van der Waals surface area contributed by atoms with Crippen molar-refractivity contribution in [3.63, 3.8) is 0 Å². The molecule has 0 bridgehead atoms. The van der Waals surface area contributed by atoms with Crippen molar-refractivity contribution in [2.75, 3.05) is 6.54 Å². The molecule has 2 aromatic rings. The highest BCUT2D eigenvalue weighted by atomic mass is 16.6. The normalized spacial score (nSPS) is 10.2. The second-order valence-corrected chi connectivity index (χ2v) is 4.28. The van der Waals surface area contributed by atoms with E-state index in [0.717, 1.165) is 11.3 Å². The average molecular weight is 274 g/mol. The highest BCUT2D eigenvalue weighted by Gasteiger charge is 2.07. The highest BCUT2D eigenvalue weighted by molar-refractivity contribution is 5.78. The maximum absolute atomic E-state index is 11.7. The van der Waals surface area contributed by atoms with Gasteiger partial charge in [0.25, 0.3) is 5.69 Å². The molecule has 0 radical (unpaired) electrons. The van der Waals surface area contributed by atoms with Crippen LogP contribution in [0.3, 0.4) is 0 Å². The van der Waals surface area contributed by atoms with Gasteiger partial charge in [0.05, 0.1) is 17.7 Å². The Hall–Kier alpha value is -2.70. The molecule has 0 aliphatic rings. The Kier molecular flexibility index (Phi) is 4.43. The van der Waals surface area contributed by atoms with Gasteiger partial charge in [-0.1, -0.05) is 12.1 Å². The number of hydrogen-bond acceptors (Lipinski definition) is 4. The number of rotatable bonds is 6. The van der Waals surface area contributed by atoms with Crippen LogP contribution in [0.25, 0.3) is 0 Å². The lowest BCUT2D eigenvalue weighted by atomic mass is 10.1. The van der Waals surface area contributed by atoms with Gasteiger partial charge in [-0.15, -0.1) is 0 Å². The zero-order valence-electron chi connectivity index (χ0n) is 10.7. The van der Waals surface area contributed by atoms with Crippen LogP contribution in [-0.4, -0.2) is 27.3 Å². The topological polar surface area (TPSA) is 101 Å². The molecule has 1 aromatic carbocycles. The molecule has 1 aromatic heterocycles. The van der Waals surface area contributed by atoms with Gasteiger partial charge in [-0.2, -0.15) is 0 Å². The first-order valence-electron chi connectivity index (χ1n) is 6.12. The number of nitrogens with one attached hydrogen (secondary N) is 2. The van der Waals surface area contributed by atoms with E-state index in [1.165, 1.54) is 12.1 Å². The van der Waals surface area contributed by atoms with Crippen LogP contribution in [0.1, 0.15) is 11.3 Å². The van der Waals surface area contributed by atoms with Crippen molar-refractivity contribution < 1.29 is 9.72 Å². The Morgan fingerprint density at radius 3 is 2.70 bits per heavy atom. The second kappa shape index (κ2) is 6.46. The maximum atomic E-state index is 11.7. The number of carbonyl (C=O) groups is 1. The standard InChI is InChI=1S/C13H14N4O3/c18-13(15-6-5-11-8-14-9-16-11)7-10-1-3-12(4-2-10)17(19)20/h1-4,8-9H,5-7H2,(H,14,16)(H,15,18). The number of nitro benzene ring substituents is 1. The van der Waals surface area contributed by atoms with E-state index >= 15 is 0 Å². The Morgan fingerprint density at radius 1 is 1.35 bits per heavy atom. The number of nitro groups is 1. The van der Waals surface area contributed by atoms with E-state index in [9.17, 15) is 14.9 Å². The van der Waals surface area contributed by atoms with Crippen molar-refractivity contribution in [1.82, 2.24) is 15.3 Å². The number of hydrogen-bond donors (Lipinski definition) is 2. The minimum absolute atomic E-state index is 0.0217. The molecule has 1 amide bonds. The van der Waals surface area contributed by atoms with Gasteiger partial charge in [0, 0.05) is 37.0 Å². The summed E-state index contributed by atoms with van der Waals surface area (Å²) in [5.41, 5.74) is 1.73. The number of imidazole rings is 1. The fourth-order valence-electron chi connectivity index (χ4n) is 1.74. The van der Waals surface area contributed by atoms with Crippen molar-refractivity contribution in [2.45, 2.75) is 12.8 Å². The summed E-state index contributed by atoms with van der Waals surface area (Å²) in [5.74, 6) is -0.113. The smallest absolute Gasteiger partial charge is 0.269 e. The molecule has 0 aliphatic carbocycles. The summed E-state index contributed by atoms with van der Waals surface area (Å²) < 4.78 is 0. The third-order valence-electron chi connectivity index (χ3n) is 2.78. The summed E-state index contributed by atoms with van der Waals surface area (Å²) in [6.07, 6.45) is 4.20. The van der Waals surface area contributed by atoms with Crippen molar-refractivity contribution in [1.29, 1.82) is 0 Å². The van der Waals surface area contributed by atoms with Crippen LogP contribution in [0.4, 0.5) is 5.69 Å². The predicted octanol–water partition coefficient (Wildman–Crippen LogP) is 1.22. The third-order valence-corrected chi connectivity index (χ3v) is 2.78. The van der Waals surface area contributed by atoms with Gasteiger partial charge < -0.3 is 10.3 Å². The van der Waals surface area contributed by atoms with Gasteiger partial charge in [0.15, 0.2) is 0 Å². The van der Waals surface area contributed by atoms with Crippen LogP contribution >= 0.6 is 0 Å². The Bertz CT molecular complexity index is 578. The molecule has 7 heteroatoms. The SMILES string of the molecule is O=C(Cc1ccc([N+](=O)[O-])cc1)NCCc1cnc[nH]1. The van der Waals surface area contributed by atoms with Crippen molar-refractivity contribution in [3.8, 4) is 0 Å². The number of non-ortho nitro benzene ring substituents is 1. The van der Waals surface area contributed by atoms with Gasteiger partial charge in [-0.05, 0) is 5.56 Å². The van der Waals surface area contributed by atoms with Crippen LogP contribution in [-0.2, 0) is 17.6 Å². The average Bonchev–Trinajstić information content (AvgIpc) is 2.92. The van der Waals surface area contributed by atoms with Gasteiger partial charge >= 0.3 is 0 Å². The zero-order valence-corrected chi connectivity index (χ0v) is 10.7. The van der Waals surface area contributed by atoms with E-state index in [4.69, 9.17) is 0 Å². The molecule has 2 rings (SSSR count). The number of carbonyl (C=O) groups excluding carboxylic acids is 1. The fourth-order valence-corrected chi connectivity index (χ4v) is 1.74. The summed E-state index contributed by atoms with van der Waals surface area (Å²) in [4.78, 5) is 28.6. The maximum Gasteiger partial charge on any atom is 0.269 e. The summed E-state index contributed by atoms with van der Waals surface area (Å²) in [5, 5.41) is 13.3. The number of aromatic nitrogens is 2. The van der Waals surface area contributed by atoms with Crippen LogP contribution in [0, 0.1) is 10.1 Å². The van der Waals surface area contributed by atoms with E-state index in [-0.39, 0.29) is 18.0 Å². The molecule has 0 unspecified atom stereocenters. The first-order chi connectivity index (χ1) is 9.65. The molecule has 0 saturated carbocycles. The molecule has 0 aliphatic heterocycles. The lowest BCUT2D eigenvalue weighted by Gasteiger charge is -2.04. The Labute approximate surface area is 115 Å². The van der Waals surface area contributed by atoms with E-state index in [2.05, 4.69) is 15.3 Å². The number of H-pyrrole nitrogens is 1. The fraction of sp³-hybridized carbons (Fsp3) is 0.231. The van der Waals surface area contributed by atoms with Crippen LogP contribution < -0.4 is 5.32 Å². The van der Waals surface area contributed by atoms with Crippen LogP contribution in [0.2, 0.25) is 0 Å². The van der Waals surface area contributed by atoms with Gasteiger partial charge in [0.1, 0.15) is 0 Å². The molecule has 7 nitrogen and oxygen atoms in total. The van der Waals surface area contributed by atoms with E-state index in [0.29, 0.717) is 13.0 Å². The van der Waals surface area contributed by atoms with Gasteiger partial charge in [0.2, 0.25) is 5.91 Å². The van der Waals surface area contributed by atoms with Gasteiger partial charge in [-0.25, -0.2) is 4.98 Å². The predicted molar refractivity (Wildman–Crippen MR) is 72.1 cm³/mol. The molecular formula is C13H14N4O3. The largest absolute Gasteiger partial charge is 0.355 e. The molecule has 0 fully saturated rings. The Balaban J connectivity index is 1.77. The first-order valence-corrected chi connectivity index (χ1v) is 6.12. The van der Waals surface area contributed by atoms with Gasteiger partial charge in [-0.3, -0.25) is 14.9 Å². The monoisotopic (exact) mass is 274 g/mol. The minimum Gasteiger partial charge on any atom is -0.355 e. The quantitative estimate of drug-likeness (QED) is 0.610. The van der Waals surface area contributed by atoms with Crippen molar-refractivity contribution >= 4 is 11.6 Å². The van der Waals surface area contributed by atoms with E-state index < -0.39 is 4.92 Å². The molecule has 1 heterocycles. The minimum atomic E-state index is -0.464. The number of aromatic amines is 1. The third kappa shape index (κ3) is 3.91. The first kappa shape index (κ1) is 13.7.